The van der Waals surface area contributed by atoms with Crippen molar-refractivity contribution in [2.24, 2.45) is 0 Å². The molecule has 0 saturated heterocycles. The second-order valence-corrected chi connectivity index (χ2v) is 1.63. The molecule has 0 rings (SSSR count). The van der Waals surface area contributed by atoms with Gasteiger partial charge in [-0.1, -0.05) is 0 Å². The third-order valence-electron chi connectivity index (χ3n) is 0. The van der Waals surface area contributed by atoms with Gasteiger partial charge >= 0.3 is 66.4 Å². The minimum atomic E-state index is -5.38. The molecule has 0 radical (unpaired) electrons. The molecule has 4 nitrogen and oxygen atoms in total. The fourth-order valence-corrected chi connectivity index (χ4v) is 0. The Labute approximate surface area is 68.7 Å². The zero-order valence-electron chi connectivity index (χ0n) is 4.76. The van der Waals surface area contributed by atoms with Crippen LogP contribution in [0.4, 0.5) is 0 Å². The van der Waals surface area contributed by atoms with Gasteiger partial charge in [0.15, 0.2) is 0 Å². The van der Waals surface area contributed by atoms with Gasteiger partial charge < -0.3 is 2.85 Å². The molecule has 1 N–H and O–H groups in total. The summed E-state index contributed by atoms with van der Waals surface area (Å²) in [6.45, 7) is 0. The van der Waals surface area contributed by atoms with Gasteiger partial charge in [-0.2, -0.15) is 0 Å². The van der Waals surface area contributed by atoms with Crippen LogP contribution in [0.3, 0.4) is 0 Å². The van der Waals surface area contributed by atoms with Crippen molar-refractivity contribution in [2.45, 2.75) is 0 Å². The van der Waals surface area contributed by atoms with Crippen LogP contribution in [-0.4, -0.2) is 41.9 Å². The van der Waals surface area contributed by atoms with E-state index in [1.54, 1.807) is 0 Å². The van der Waals surface area contributed by atoms with Crippen molar-refractivity contribution < 1.29 is 31.5 Å². The Hall–Kier alpha value is 1.14. The molecule has 6 heteroatoms. The summed E-state index contributed by atoms with van der Waals surface area (Å²) in [4.78, 5) is 0. The molecule has 0 aliphatic rings. The summed E-state index contributed by atoms with van der Waals surface area (Å²) in [6.07, 6.45) is 0. The number of hydrogen-bond donors (Lipinski definition) is 1. The molecule has 0 spiro atoms. The van der Waals surface area contributed by atoms with Crippen LogP contribution in [-0.2, 0) is 24.5 Å². The summed E-state index contributed by atoms with van der Waals surface area (Å²) in [5, 5.41) is 0. The van der Waals surface area contributed by atoms with E-state index in [-0.39, 0.29) is 40.6 Å². The Morgan fingerprint density at radius 3 is 1.33 bits per heavy atom. The molecular weight excluding hydrogens is 159 g/mol. The van der Waals surface area contributed by atoms with Gasteiger partial charge in [0.25, 0.3) is 0 Å². The zero-order valence-corrected chi connectivity index (χ0v) is 6.15. The monoisotopic (exact) mass is 162 g/mol. The van der Waals surface area contributed by atoms with Gasteiger partial charge in [0.05, 0.1) is 0 Å². The molecule has 0 aliphatic carbocycles. The molecule has 0 aromatic heterocycles. The van der Waals surface area contributed by atoms with Crippen LogP contribution >= 0.6 is 0 Å². The Morgan fingerprint density at radius 1 is 1.33 bits per heavy atom. The van der Waals surface area contributed by atoms with Crippen LogP contribution in [0, 0.1) is 0 Å². The van der Waals surface area contributed by atoms with E-state index in [1.807, 2.05) is 0 Å². The van der Waals surface area contributed by atoms with E-state index in [0.717, 1.165) is 0 Å². The molecule has 36 valence electrons. The molecule has 6 heavy (non-hydrogen) atoms. The first-order valence-electron chi connectivity index (χ1n) is 0.632. The molecule has 0 bridgehead atoms. The molecule has 0 aliphatic heterocycles. The van der Waals surface area contributed by atoms with Crippen molar-refractivity contribution in [3.63, 3.8) is 0 Å². The maximum atomic E-state index is 8.69. The average molecular weight is 162 g/mol. The molecule has 0 fully saturated rings. The van der Waals surface area contributed by atoms with Gasteiger partial charge in [-0.3, -0.25) is 0 Å². The summed E-state index contributed by atoms with van der Waals surface area (Å²) in [5.74, 6) is 0. The fourth-order valence-electron chi connectivity index (χ4n) is 0. The predicted molar refractivity (Wildman–Crippen MR) is 12.3 cm³/mol. The Bertz CT molecular complexity index is 135. The summed E-state index contributed by atoms with van der Waals surface area (Å²) < 4.78 is 33.1. The van der Waals surface area contributed by atoms with Gasteiger partial charge in [-0.05, 0) is 0 Å². The van der Waals surface area contributed by atoms with Gasteiger partial charge in [0.1, 0.15) is 0 Å². The van der Waals surface area contributed by atoms with Gasteiger partial charge in [-0.25, -0.2) is 0 Å². The molecule has 0 heterocycles. The summed E-state index contributed by atoms with van der Waals surface area (Å²) >= 11 is -5.38. The first-order valence-corrected chi connectivity index (χ1v) is 2.61. The Morgan fingerprint density at radius 2 is 1.33 bits per heavy atom. The summed E-state index contributed by atoms with van der Waals surface area (Å²) in [7, 11) is 0. The van der Waals surface area contributed by atoms with Crippen molar-refractivity contribution in [3.05, 3.63) is 0 Å². The van der Waals surface area contributed by atoms with Crippen molar-refractivity contribution in [1.82, 2.24) is 0 Å². The molecule has 0 amide bonds. The Balaban J connectivity index is -0.0000000267. The average Bonchev–Trinajstić information content (AvgIpc) is 0.722. The van der Waals surface area contributed by atoms with Crippen LogP contribution < -0.4 is 0 Å². The fraction of sp³-hybridized carbons (Fsp3) is 0. The minimum absolute atomic E-state index is 0. The van der Waals surface area contributed by atoms with E-state index in [4.69, 9.17) is 15.7 Å². The number of rotatable bonds is 0. The van der Waals surface area contributed by atoms with E-state index >= 15 is 0 Å². The van der Waals surface area contributed by atoms with Crippen LogP contribution in [0.2, 0.25) is 0 Å². The molecule has 0 atom stereocenters. The summed E-state index contributed by atoms with van der Waals surface area (Å²) in [5.41, 5.74) is 0. The first-order chi connectivity index (χ1) is 2.00. The standard InChI is InChI=1S/Ca.Mn.H2O.3O.2H/h;;1H2;;;;;/q+2;+1;;;;;2*-1/p-1. The van der Waals surface area contributed by atoms with Crippen LogP contribution in [0.25, 0.3) is 0 Å². The molecule has 0 aromatic carbocycles. The van der Waals surface area contributed by atoms with Gasteiger partial charge in [-0.15, -0.1) is 0 Å². The first kappa shape index (κ1) is 10.2. The van der Waals surface area contributed by atoms with E-state index < -0.39 is 13.0 Å². The second-order valence-electron chi connectivity index (χ2n) is 0.396. The van der Waals surface area contributed by atoms with E-state index in [9.17, 15) is 0 Å². The van der Waals surface area contributed by atoms with Crippen molar-refractivity contribution in [3.8, 4) is 0 Å². The van der Waals surface area contributed by atoms with Crippen LogP contribution in [0.15, 0.2) is 0 Å². The Kier molecular flexibility index (Phi) is 5.40. The van der Waals surface area contributed by atoms with E-state index in [0.29, 0.717) is 0 Å². The topological polar surface area (TPSA) is 71.4 Å². The maximum absolute atomic E-state index is 8.69. The van der Waals surface area contributed by atoms with Crippen molar-refractivity contribution in [1.29, 1.82) is 0 Å². The molecule has 0 aromatic rings. The van der Waals surface area contributed by atoms with Crippen LogP contribution in [0.5, 0.6) is 0 Å². The third-order valence-corrected chi connectivity index (χ3v) is 0. The molecule has 0 unspecified atom stereocenters. The third kappa shape index (κ3) is 67.8. The van der Waals surface area contributed by atoms with Crippen LogP contribution in [0.1, 0.15) is 2.85 Å². The van der Waals surface area contributed by atoms with E-state index in [2.05, 4.69) is 0 Å². The SMILES string of the molecule is [Ca+2].[H-].[H-].[O]=[Mn](=[O])(=[O])[OH]. The van der Waals surface area contributed by atoms with Gasteiger partial charge in [0, 0.05) is 0 Å². The van der Waals surface area contributed by atoms with Crippen molar-refractivity contribution in [2.75, 3.05) is 0 Å². The second kappa shape index (κ2) is 3.18. The van der Waals surface area contributed by atoms with Gasteiger partial charge in [0.2, 0.25) is 0 Å². The normalized spacial score (nSPS) is 9.50. The number of hydrogen-bond acceptors (Lipinski definition) is 3. The molecule has 0 saturated carbocycles. The summed E-state index contributed by atoms with van der Waals surface area (Å²) in [6, 6.07) is 0. The zero-order chi connectivity index (χ0) is 4.50. The van der Waals surface area contributed by atoms with E-state index in [1.165, 1.54) is 0 Å². The predicted octanol–water partition coefficient (Wildman–Crippen LogP) is -1.07. The quantitative estimate of drug-likeness (QED) is 0.460. The van der Waals surface area contributed by atoms with Crippen molar-refractivity contribution >= 4 is 37.7 Å². The molecular formula is H3CaMnO4.